The maximum Gasteiger partial charge on any atom is 0.223 e. The normalized spacial score (nSPS) is 11.8. The summed E-state index contributed by atoms with van der Waals surface area (Å²) >= 11 is 0. The van der Waals surface area contributed by atoms with Crippen molar-refractivity contribution in [2.75, 3.05) is 14.2 Å². The number of carbonyl (C=O) groups excluding carboxylic acids is 1. The van der Waals surface area contributed by atoms with E-state index in [0.717, 1.165) is 23.5 Å². The Labute approximate surface area is 108 Å². The van der Waals surface area contributed by atoms with Crippen molar-refractivity contribution in [1.82, 2.24) is 5.32 Å². The largest absolute Gasteiger partial charge is 0.497 e. The van der Waals surface area contributed by atoms with Crippen LogP contribution in [0.1, 0.15) is 25.8 Å². The van der Waals surface area contributed by atoms with Crippen molar-refractivity contribution in [2.45, 2.75) is 26.8 Å². The molecular weight excluding hydrogens is 230 g/mol. The predicted molar refractivity (Wildman–Crippen MR) is 70.8 cm³/mol. The monoisotopic (exact) mass is 251 g/mol. The lowest BCUT2D eigenvalue weighted by atomic mass is 10.1. The molecule has 1 amide bonds. The van der Waals surface area contributed by atoms with Crippen molar-refractivity contribution in [2.24, 2.45) is 5.92 Å². The van der Waals surface area contributed by atoms with Gasteiger partial charge in [0.05, 0.1) is 14.2 Å². The molecule has 1 atom stereocenters. The molecule has 0 saturated carbocycles. The lowest BCUT2D eigenvalue weighted by molar-refractivity contribution is -0.124. The fourth-order valence-corrected chi connectivity index (χ4v) is 1.56. The van der Waals surface area contributed by atoms with Gasteiger partial charge in [0.25, 0.3) is 0 Å². The molecule has 0 heterocycles. The summed E-state index contributed by atoms with van der Waals surface area (Å²) in [6.07, 6.45) is 0.834. The summed E-state index contributed by atoms with van der Waals surface area (Å²) in [5.41, 5.74) is 0.911. The maximum absolute atomic E-state index is 11.7. The van der Waals surface area contributed by atoms with Gasteiger partial charge < -0.3 is 14.8 Å². The quantitative estimate of drug-likeness (QED) is 0.844. The zero-order chi connectivity index (χ0) is 13.5. The van der Waals surface area contributed by atoms with E-state index in [2.05, 4.69) is 5.32 Å². The topological polar surface area (TPSA) is 47.6 Å². The lowest BCUT2D eigenvalue weighted by Gasteiger charge is -2.13. The Bertz CT molecular complexity index is 404. The van der Waals surface area contributed by atoms with Crippen LogP contribution >= 0.6 is 0 Å². The van der Waals surface area contributed by atoms with Crippen LogP contribution in [-0.2, 0) is 11.3 Å². The zero-order valence-electron chi connectivity index (χ0n) is 11.4. The highest BCUT2D eigenvalue weighted by molar-refractivity contribution is 5.78. The first-order valence-electron chi connectivity index (χ1n) is 6.11. The third kappa shape index (κ3) is 3.65. The van der Waals surface area contributed by atoms with Crippen molar-refractivity contribution in [3.63, 3.8) is 0 Å². The van der Waals surface area contributed by atoms with E-state index >= 15 is 0 Å². The standard InChI is InChI=1S/C14H21NO3/c1-5-10(2)14(16)15-9-11-8-12(17-3)6-7-13(11)18-4/h6-8,10H,5,9H2,1-4H3,(H,15,16)/t10-/m1/s1. The third-order valence-electron chi connectivity index (χ3n) is 3.00. The van der Waals surface area contributed by atoms with Gasteiger partial charge in [-0.1, -0.05) is 13.8 Å². The first-order valence-corrected chi connectivity index (χ1v) is 6.11. The van der Waals surface area contributed by atoms with Crippen LogP contribution in [0.25, 0.3) is 0 Å². The Hall–Kier alpha value is -1.71. The molecule has 0 aliphatic carbocycles. The number of benzene rings is 1. The van der Waals surface area contributed by atoms with Crippen LogP contribution in [0.15, 0.2) is 18.2 Å². The highest BCUT2D eigenvalue weighted by Crippen LogP contribution is 2.23. The second-order valence-corrected chi connectivity index (χ2v) is 4.20. The van der Waals surface area contributed by atoms with Crippen LogP contribution in [0.3, 0.4) is 0 Å². The van der Waals surface area contributed by atoms with E-state index < -0.39 is 0 Å². The summed E-state index contributed by atoms with van der Waals surface area (Å²) in [5, 5.41) is 2.90. The fourth-order valence-electron chi connectivity index (χ4n) is 1.56. The molecule has 0 bridgehead atoms. The molecule has 1 N–H and O–H groups in total. The van der Waals surface area contributed by atoms with Gasteiger partial charge in [0, 0.05) is 18.0 Å². The molecule has 4 heteroatoms. The molecule has 1 aromatic rings. The molecule has 0 radical (unpaired) electrons. The van der Waals surface area contributed by atoms with E-state index in [0.29, 0.717) is 6.54 Å². The summed E-state index contributed by atoms with van der Waals surface area (Å²) in [6, 6.07) is 5.54. The molecule has 0 saturated heterocycles. The number of hydrogen-bond acceptors (Lipinski definition) is 3. The second-order valence-electron chi connectivity index (χ2n) is 4.20. The predicted octanol–water partition coefficient (Wildman–Crippen LogP) is 2.37. The number of carbonyl (C=O) groups is 1. The number of methoxy groups -OCH3 is 2. The minimum absolute atomic E-state index is 0.0293. The summed E-state index contributed by atoms with van der Waals surface area (Å²) < 4.78 is 10.4. The van der Waals surface area contributed by atoms with Crippen LogP contribution in [0.5, 0.6) is 11.5 Å². The first kappa shape index (κ1) is 14.4. The molecule has 100 valence electrons. The zero-order valence-corrected chi connectivity index (χ0v) is 11.4. The van der Waals surface area contributed by atoms with Crippen molar-refractivity contribution in [3.05, 3.63) is 23.8 Å². The molecule has 0 aliphatic heterocycles. The SMILES string of the molecule is CC[C@@H](C)C(=O)NCc1cc(OC)ccc1OC. The number of amides is 1. The Balaban J connectivity index is 2.73. The Kier molecular flexibility index (Phi) is 5.49. The minimum atomic E-state index is 0.0293. The van der Waals surface area contributed by atoms with Gasteiger partial charge in [0.2, 0.25) is 5.91 Å². The third-order valence-corrected chi connectivity index (χ3v) is 3.00. The molecule has 1 aromatic carbocycles. The molecule has 0 aliphatic rings. The van der Waals surface area contributed by atoms with E-state index in [4.69, 9.17) is 9.47 Å². The van der Waals surface area contributed by atoms with Crippen molar-refractivity contribution >= 4 is 5.91 Å². The smallest absolute Gasteiger partial charge is 0.223 e. The van der Waals surface area contributed by atoms with Crippen LogP contribution < -0.4 is 14.8 Å². The second kappa shape index (κ2) is 6.89. The summed E-state index contributed by atoms with van der Waals surface area (Å²) in [7, 11) is 3.23. The van der Waals surface area contributed by atoms with Crippen molar-refractivity contribution < 1.29 is 14.3 Å². The number of rotatable bonds is 6. The van der Waals surface area contributed by atoms with Crippen molar-refractivity contribution in [3.8, 4) is 11.5 Å². The Morgan fingerprint density at radius 3 is 2.61 bits per heavy atom. The van der Waals surface area contributed by atoms with Crippen LogP contribution in [0.2, 0.25) is 0 Å². The van der Waals surface area contributed by atoms with E-state index in [1.807, 2.05) is 32.0 Å². The summed E-state index contributed by atoms with van der Waals surface area (Å²) in [4.78, 5) is 11.7. The highest BCUT2D eigenvalue weighted by atomic mass is 16.5. The summed E-state index contributed by atoms with van der Waals surface area (Å²) in [5.74, 6) is 1.59. The maximum atomic E-state index is 11.7. The molecule has 0 unspecified atom stereocenters. The molecule has 4 nitrogen and oxygen atoms in total. The molecule has 0 fully saturated rings. The molecular formula is C14H21NO3. The number of hydrogen-bond donors (Lipinski definition) is 1. The van der Waals surface area contributed by atoms with Crippen LogP contribution in [0, 0.1) is 5.92 Å². The van der Waals surface area contributed by atoms with Gasteiger partial charge in [-0.15, -0.1) is 0 Å². The molecule has 0 aromatic heterocycles. The van der Waals surface area contributed by atoms with Gasteiger partial charge in [0.15, 0.2) is 0 Å². The Morgan fingerprint density at radius 2 is 2.06 bits per heavy atom. The summed E-state index contributed by atoms with van der Waals surface area (Å²) in [6.45, 7) is 4.36. The number of nitrogens with one attached hydrogen (secondary N) is 1. The Morgan fingerprint density at radius 1 is 1.33 bits per heavy atom. The van der Waals surface area contributed by atoms with Gasteiger partial charge >= 0.3 is 0 Å². The van der Waals surface area contributed by atoms with Crippen LogP contribution in [-0.4, -0.2) is 20.1 Å². The van der Waals surface area contributed by atoms with Gasteiger partial charge in [-0.05, 0) is 24.6 Å². The van der Waals surface area contributed by atoms with Gasteiger partial charge in [-0.2, -0.15) is 0 Å². The molecule has 0 spiro atoms. The molecule has 1 rings (SSSR count). The lowest BCUT2D eigenvalue weighted by Crippen LogP contribution is -2.28. The van der Waals surface area contributed by atoms with Crippen LogP contribution in [0.4, 0.5) is 0 Å². The van der Waals surface area contributed by atoms with Gasteiger partial charge in [0.1, 0.15) is 11.5 Å². The first-order chi connectivity index (χ1) is 8.62. The van der Waals surface area contributed by atoms with E-state index in [9.17, 15) is 4.79 Å². The fraction of sp³-hybridized carbons (Fsp3) is 0.500. The van der Waals surface area contributed by atoms with Gasteiger partial charge in [-0.3, -0.25) is 4.79 Å². The van der Waals surface area contributed by atoms with Crippen molar-refractivity contribution in [1.29, 1.82) is 0 Å². The van der Waals surface area contributed by atoms with E-state index in [-0.39, 0.29) is 11.8 Å². The average molecular weight is 251 g/mol. The van der Waals surface area contributed by atoms with E-state index in [1.54, 1.807) is 14.2 Å². The van der Waals surface area contributed by atoms with Gasteiger partial charge in [-0.25, -0.2) is 0 Å². The molecule has 18 heavy (non-hydrogen) atoms. The number of ether oxygens (including phenoxy) is 2. The highest BCUT2D eigenvalue weighted by Gasteiger charge is 2.11. The van der Waals surface area contributed by atoms with E-state index in [1.165, 1.54) is 0 Å². The minimum Gasteiger partial charge on any atom is -0.497 e. The average Bonchev–Trinajstić information content (AvgIpc) is 2.43.